The van der Waals surface area contributed by atoms with Crippen LogP contribution in [0.3, 0.4) is 0 Å². The Balaban J connectivity index is 2.04. The van der Waals surface area contributed by atoms with Crippen LogP contribution < -0.4 is 11.1 Å². The predicted octanol–water partition coefficient (Wildman–Crippen LogP) is 2.09. The highest BCUT2D eigenvalue weighted by atomic mass is 32.1. The Kier molecular flexibility index (Phi) is 4.50. The maximum Gasteiger partial charge on any atom is 0.227 e. The molecule has 94 valence electrons. The average Bonchev–Trinajstić information content (AvgIpc) is 2.60. The first-order valence-electron chi connectivity index (χ1n) is 6.28. The van der Waals surface area contributed by atoms with Gasteiger partial charge in [0.15, 0.2) is 5.13 Å². The molecule has 0 bridgehead atoms. The van der Waals surface area contributed by atoms with Gasteiger partial charge in [0.1, 0.15) is 0 Å². The van der Waals surface area contributed by atoms with Crippen LogP contribution in [-0.2, 0) is 17.6 Å². The Morgan fingerprint density at radius 3 is 2.82 bits per heavy atom. The van der Waals surface area contributed by atoms with Crippen molar-refractivity contribution in [3.8, 4) is 0 Å². The van der Waals surface area contributed by atoms with Crippen LogP contribution >= 0.6 is 11.3 Å². The Morgan fingerprint density at radius 1 is 1.29 bits per heavy atom. The highest BCUT2D eigenvalue weighted by molar-refractivity contribution is 7.15. The van der Waals surface area contributed by atoms with E-state index in [2.05, 4.69) is 10.3 Å². The first-order valence-corrected chi connectivity index (χ1v) is 7.09. The largest absolute Gasteiger partial charge is 0.330 e. The Morgan fingerprint density at radius 2 is 2.06 bits per heavy atom. The average molecular weight is 253 g/mol. The molecular weight excluding hydrogens is 234 g/mol. The van der Waals surface area contributed by atoms with Crippen LogP contribution in [0.25, 0.3) is 0 Å². The second-order valence-corrected chi connectivity index (χ2v) is 5.47. The van der Waals surface area contributed by atoms with Crippen LogP contribution in [0.2, 0.25) is 0 Å². The summed E-state index contributed by atoms with van der Waals surface area (Å²) in [6.45, 7) is 0.386. The summed E-state index contributed by atoms with van der Waals surface area (Å²) < 4.78 is 0. The maximum absolute atomic E-state index is 11.4. The second kappa shape index (κ2) is 6.12. The Bertz CT molecular complexity index is 364. The van der Waals surface area contributed by atoms with Gasteiger partial charge in [-0.1, -0.05) is 12.8 Å². The number of aryl methyl sites for hydroxylation is 2. The number of nitrogens with two attached hydrogens (primary N) is 1. The van der Waals surface area contributed by atoms with E-state index in [0.29, 0.717) is 13.0 Å². The van der Waals surface area contributed by atoms with Gasteiger partial charge in [0.2, 0.25) is 5.91 Å². The summed E-state index contributed by atoms with van der Waals surface area (Å²) >= 11 is 1.63. The molecule has 0 saturated heterocycles. The zero-order valence-electron chi connectivity index (χ0n) is 10.00. The number of carbonyl (C=O) groups excluding carboxylic acids is 1. The quantitative estimate of drug-likeness (QED) is 0.866. The molecule has 4 nitrogen and oxygen atoms in total. The second-order valence-electron chi connectivity index (χ2n) is 4.39. The predicted molar refractivity (Wildman–Crippen MR) is 70.3 cm³/mol. The summed E-state index contributed by atoms with van der Waals surface area (Å²) in [5.41, 5.74) is 6.54. The summed E-state index contributed by atoms with van der Waals surface area (Å²) in [4.78, 5) is 17.3. The lowest BCUT2D eigenvalue weighted by Gasteiger charge is -2.06. The van der Waals surface area contributed by atoms with Gasteiger partial charge in [-0.05, 0) is 25.7 Å². The highest BCUT2D eigenvalue weighted by Crippen LogP contribution is 2.28. The summed E-state index contributed by atoms with van der Waals surface area (Å²) in [6, 6.07) is 0. The zero-order chi connectivity index (χ0) is 12.1. The number of nitrogens with one attached hydrogen (secondary N) is 1. The van der Waals surface area contributed by atoms with Crippen molar-refractivity contribution in [2.75, 3.05) is 11.9 Å². The fourth-order valence-corrected chi connectivity index (χ4v) is 3.14. The molecule has 1 aromatic heterocycles. The standard InChI is InChI=1S/C12H19N3OS/c13-8-7-11(16)15-12-14-9-5-3-1-2-4-6-10(9)17-12/h1-8,13H2,(H,14,15,16). The van der Waals surface area contributed by atoms with E-state index < -0.39 is 0 Å². The minimum absolute atomic E-state index is 0.0331. The van der Waals surface area contributed by atoms with E-state index in [1.165, 1.54) is 36.3 Å². The molecule has 3 N–H and O–H groups in total. The lowest BCUT2D eigenvalue weighted by Crippen LogP contribution is -2.16. The number of rotatable bonds is 3. The molecule has 1 aliphatic carbocycles. The van der Waals surface area contributed by atoms with Gasteiger partial charge in [-0.2, -0.15) is 0 Å². The van der Waals surface area contributed by atoms with E-state index >= 15 is 0 Å². The van der Waals surface area contributed by atoms with Crippen molar-refractivity contribution in [2.24, 2.45) is 5.73 Å². The first-order chi connectivity index (χ1) is 8.29. The molecule has 1 heterocycles. The molecule has 0 aromatic carbocycles. The lowest BCUT2D eigenvalue weighted by molar-refractivity contribution is -0.116. The number of thiazole rings is 1. The third-order valence-corrected chi connectivity index (χ3v) is 4.04. The molecule has 0 saturated carbocycles. The third-order valence-electron chi connectivity index (χ3n) is 2.96. The fourth-order valence-electron chi connectivity index (χ4n) is 2.07. The maximum atomic E-state index is 11.4. The molecule has 0 radical (unpaired) electrons. The van der Waals surface area contributed by atoms with Gasteiger partial charge < -0.3 is 11.1 Å². The van der Waals surface area contributed by atoms with Gasteiger partial charge in [-0.15, -0.1) is 11.3 Å². The number of aromatic nitrogens is 1. The minimum atomic E-state index is -0.0331. The van der Waals surface area contributed by atoms with Crippen LogP contribution in [0, 0.1) is 0 Å². The molecule has 1 amide bonds. The summed E-state index contributed by atoms with van der Waals surface area (Å²) in [7, 11) is 0. The smallest absolute Gasteiger partial charge is 0.227 e. The number of amides is 1. The monoisotopic (exact) mass is 253 g/mol. The van der Waals surface area contributed by atoms with E-state index in [9.17, 15) is 4.79 Å². The van der Waals surface area contributed by atoms with Crippen LogP contribution in [-0.4, -0.2) is 17.4 Å². The number of fused-ring (bicyclic) bond motifs is 1. The lowest BCUT2D eigenvalue weighted by atomic mass is 10.0. The molecular formula is C12H19N3OS. The van der Waals surface area contributed by atoms with Crippen molar-refractivity contribution in [3.05, 3.63) is 10.6 Å². The number of nitrogens with zero attached hydrogens (tertiary/aromatic N) is 1. The number of hydrogen-bond donors (Lipinski definition) is 2. The van der Waals surface area contributed by atoms with Gasteiger partial charge in [0.05, 0.1) is 5.69 Å². The Labute approximate surface area is 106 Å². The van der Waals surface area contributed by atoms with Crippen molar-refractivity contribution in [3.63, 3.8) is 0 Å². The van der Waals surface area contributed by atoms with Crippen molar-refractivity contribution in [1.29, 1.82) is 0 Å². The van der Waals surface area contributed by atoms with Gasteiger partial charge in [0.25, 0.3) is 0 Å². The molecule has 0 fully saturated rings. The van der Waals surface area contributed by atoms with Crippen molar-refractivity contribution in [2.45, 2.75) is 44.9 Å². The van der Waals surface area contributed by atoms with Crippen LogP contribution in [0.15, 0.2) is 0 Å². The molecule has 0 unspecified atom stereocenters. The van der Waals surface area contributed by atoms with Crippen LogP contribution in [0.5, 0.6) is 0 Å². The van der Waals surface area contributed by atoms with Gasteiger partial charge in [-0.3, -0.25) is 4.79 Å². The number of carbonyl (C=O) groups is 1. The third kappa shape index (κ3) is 3.51. The van der Waals surface area contributed by atoms with Crippen molar-refractivity contribution in [1.82, 2.24) is 4.98 Å². The van der Waals surface area contributed by atoms with E-state index in [0.717, 1.165) is 18.0 Å². The van der Waals surface area contributed by atoms with Gasteiger partial charge >= 0.3 is 0 Å². The van der Waals surface area contributed by atoms with E-state index in [-0.39, 0.29) is 5.91 Å². The normalized spacial score (nSPS) is 15.8. The zero-order valence-corrected chi connectivity index (χ0v) is 10.8. The minimum Gasteiger partial charge on any atom is -0.330 e. The molecule has 17 heavy (non-hydrogen) atoms. The number of hydrogen-bond acceptors (Lipinski definition) is 4. The molecule has 0 aliphatic heterocycles. The van der Waals surface area contributed by atoms with E-state index in [1.54, 1.807) is 11.3 Å². The van der Waals surface area contributed by atoms with Gasteiger partial charge in [-0.25, -0.2) is 4.98 Å². The van der Waals surface area contributed by atoms with E-state index in [1.807, 2.05) is 0 Å². The first kappa shape index (κ1) is 12.5. The fraction of sp³-hybridized carbons (Fsp3) is 0.667. The van der Waals surface area contributed by atoms with Crippen molar-refractivity contribution < 1.29 is 4.79 Å². The molecule has 0 atom stereocenters. The van der Waals surface area contributed by atoms with Gasteiger partial charge in [0, 0.05) is 17.8 Å². The molecule has 0 spiro atoms. The Hall–Kier alpha value is -0.940. The molecule has 1 aliphatic rings. The van der Waals surface area contributed by atoms with Crippen LogP contribution in [0.1, 0.15) is 42.7 Å². The highest BCUT2D eigenvalue weighted by Gasteiger charge is 2.14. The molecule has 2 rings (SSSR count). The number of anilines is 1. The topological polar surface area (TPSA) is 68.0 Å². The summed E-state index contributed by atoms with van der Waals surface area (Å²) in [6.07, 6.45) is 7.60. The van der Waals surface area contributed by atoms with Crippen LogP contribution in [0.4, 0.5) is 5.13 Å². The summed E-state index contributed by atoms with van der Waals surface area (Å²) in [5, 5.41) is 3.58. The molecule has 5 heteroatoms. The summed E-state index contributed by atoms with van der Waals surface area (Å²) in [5.74, 6) is -0.0331. The SMILES string of the molecule is NCCC(=O)Nc1nc2c(s1)CCCCCC2. The van der Waals surface area contributed by atoms with E-state index in [4.69, 9.17) is 5.73 Å². The molecule has 1 aromatic rings. The van der Waals surface area contributed by atoms with Crippen molar-refractivity contribution >= 4 is 22.4 Å².